The Morgan fingerprint density at radius 1 is 1.21 bits per heavy atom. The molecule has 19 heavy (non-hydrogen) atoms. The van der Waals surface area contributed by atoms with Crippen LogP contribution in [0.1, 0.15) is 39.0 Å². The van der Waals surface area contributed by atoms with Gasteiger partial charge in [0.05, 0.1) is 0 Å². The first-order chi connectivity index (χ1) is 8.93. The molecule has 0 aromatic carbocycles. The summed E-state index contributed by atoms with van der Waals surface area (Å²) in [6, 6.07) is 0.170. The molecule has 1 aliphatic heterocycles. The highest BCUT2D eigenvalue weighted by Crippen LogP contribution is 2.24. The van der Waals surface area contributed by atoms with Crippen LogP contribution < -0.4 is 0 Å². The lowest BCUT2D eigenvalue weighted by atomic mass is 9.94. The summed E-state index contributed by atoms with van der Waals surface area (Å²) in [5.74, 6) is -1.19. The number of carboxylic acid groups (broad SMARTS) is 1. The molecule has 1 fully saturated rings. The van der Waals surface area contributed by atoms with E-state index in [9.17, 15) is 14.4 Å². The van der Waals surface area contributed by atoms with Crippen LogP contribution in [-0.4, -0.2) is 33.8 Å². The molecule has 0 bridgehead atoms. The van der Waals surface area contributed by atoms with Crippen LogP contribution in [0, 0.1) is 0 Å². The number of rotatable bonds is 2. The third-order valence-electron chi connectivity index (χ3n) is 3.15. The highest BCUT2D eigenvalue weighted by molar-refractivity contribution is 6.13. The van der Waals surface area contributed by atoms with E-state index in [4.69, 9.17) is 5.11 Å². The van der Waals surface area contributed by atoms with E-state index in [1.807, 2.05) is 0 Å². The minimum Gasteiger partial charge on any atom is -0.478 e. The molecule has 0 atom stereocenters. The fourth-order valence-corrected chi connectivity index (χ4v) is 2.11. The fourth-order valence-electron chi connectivity index (χ4n) is 2.11. The lowest BCUT2D eigenvalue weighted by molar-refractivity contribution is -0.140. The number of hydrogen-bond acceptors (Lipinski definition) is 3. The van der Waals surface area contributed by atoms with Gasteiger partial charge in [0.25, 0.3) is 11.8 Å². The Balaban J connectivity index is 0.000000258. The number of imide groups is 1. The lowest BCUT2D eigenvalue weighted by Crippen LogP contribution is -2.41. The van der Waals surface area contributed by atoms with Gasteiger partial charge in [-0.05, 0) is 19.8 Å². The van der Waals surface area contributed by atoms with Gasteiger partial charge in [0.15, 0.2) is 0 Å². The molecule has 1 saturated carbocycles. The summed E-state index contributed by atoms with van der Waals surface area (Å²) >= 11 is 0. The highest BCUT2D eigenvalue weighted by Gasteiger charge is 2.31. The van der Waals surface area contributed by atoms with Crippen molar-refractivity contribution in [1.29, 1.82) is 0 Å². The third kappa shape index (κ3) is 4.35. The van der Waals surface area contributed by atoms with Crippen molar-refractivity contribution in [2.45, 2.75) is 45.1 Å². The second-order valence-electron chi connectivity index (χ2n) is 4.76. The first-order valence-corrected chi connectivity index (χ1v) is 6.37. The fraction of sp³-hybridized carbons (Fsp3) is 0.500. The van der Waals surface area contributed by atoms with E-state index in [0.717, 1.165) is 25.7 Å². The Hall–Kier alpha value is -1.91. The minimum absolute atomic E-state index is 0.128. The van der Waals surface area contributed by atoms with Crippen LogP contribution in [0.4, 0.5) is 0 Å². The van der Waals surface area contributed by atoms with Crippen LogP contribution in [-0.2, 0) is 14.4 Å². The predicted molar refractivity (Wildman–Crippen MR) is 70.3 cm³/mol. The van der Waals surface area contributed by atoms with Gasteiger partial charge >= 0.3 is 5.97 Å². The first-order valence-electron chi connectivity index (χ1n) is 6.37. The Kier molecular flexibility index (Phi) is 5.48. The molecule has 2 amide bonds. The number of hydrogen-bond donors (Lipinski definition) is 1. The van der Waals surface area contributed by atoms with Gasteiger partial charge in [-0.15, -0.1) is 0 Å². The molecule has 0 radical (unpaired) electrons. The quantitative estimate of drug-likeness (QED) is 0.611. The van der Waals surface area contributed by atoms with Crippen molar-refractivity contribution in [3.05, 3.63) is 24.3 Å². The smallest absolute Gasteiger partial charge is 0.330 e. The van der Waals surface area contributed by atoms with Gasteiger partial charge in [-0.25, -0.2) is 4.79 Å². The Bertz CT molecular complexity index is 389. The summed E-state index contributed by atoms with van der Waals surface area (Å²) < 4.78 is 0. The molecular weight excluding hydrogens is 246 g/mol. The molecule has 0 aromatic rings. The average Bonchev–Trinajstić information content (AvgIpc) is 2.71. The highest BCUT2D eigenvalue weighted by atomic mass is 16.4. The summed E-state index contributed by atoms with van der Waals surface area (Å²) in [7, 11) is 0. The maximum atomic E-state index is 11.3. The Labute approximate surface area is 112 Å². The summed E-state index contributed by atoms with van der Waals surface area (Å²) in [5, 5.41) is 7.89. The molecule has 2 aliphatic rings. The van der Waals surface area contributed by atoms with E-state index >= 15 is 0 Å². The zero-order valence-corrected chi connectivity index (χ0v) is 11.1. The van der Waals surface area contributed by atoms with Gasteiger partial charge in [-0.3, -0.25) is 14.5 Å². The Morgan fingerprint density at radius 3 is 2.00 bits per heavy atom. The molecule has 5 heteroatoms. The second-order valence-corrected chi connectivity index (χ2v) is 4.76. The van der Waals surface area contributed by atoms with E-state index in [2.05, 4.69) is 6.58 Å². The van der Waals surface area contributed by atoms with E-state index < -0.39 is 5.97 Å². The standard InChI is InChI=1S/C10H13NO2.C4H6O2/c12-9-6-7-10(13)11(9)8-4-2-1-3-5-8;1-3(2)4(5)6/h6-8H,1-5H2;1H2,2H3,(H,5,6). The topological polar surface area (TPSA) is 74.7 Å². The van der Waals surface area contributed by atoms with Crippen LogP contribution >= 0.6 is 0 Å². The van der Waals surface area contributed by atoms with Crippen LogP contribution in [0.3, 0.4) is 0 Å². The van der Waals surface area contributed by atoms with Crippen molar-refractivity contribution in [2.24, 2.45) is 0 Å². The van der Waals surface area contributed by atoms with Crippen molar-refractivity contribution < 1.29 is 19.5 Å². The molecule has 2 rings (SSSR count). The van der Waals surface area contributed by atoms with E-state index in [-0.39, 0.29) is 23.4 Å². The normalized spacial score (nSPS) is 19.1. The van der Waals surface area contributed by atoms with Crippen LogP contribution in [0.2, 0.25) is 0 Å². The molecule has 104 valence electrons. The van der Waals surface area contributed by atoms with Gasteiger partial charge in [0.1, 0.15) is 0 Å². The number of amides is 2. The molecule has 5 nitrogen and oxygen atoms in total. The zero-order chi connectivity index (χ0) is 14.4. The molecule has 1 aliphatic carbocycles. The molecule has 0 unspecified atom stereocenters. The van der Waals surface area contributed by atoms with E-state index in [0.29, 0.717) is 0 Å². The van der Waals surface area contributed by atoms with E-state index in [1.54, 1.807) is 0 Å². The average molecular weight is 265 g/mol. The van der Waals surface area contributed by atoms with Crippen LogP contribution in [0.15, 0.2) is 24.3 Å². The second kappa shape index (κ2) is 6.87. The number of aliphatic carboxylic acids is 1. The number of carbonyl (C=O) groups is 3. The zero-order valence-electron chi connectivity index (χ0n) is 11.1. The van der Waals surface area contributed by atoms with Crippen molar-refractivity contribution in [3.8, 4) is 0 Å². The summed E-state index contributed by atoms with van der Waals surface area (Å²) in [4.78, 5) is 33.6. The summed E-state index contributed by atoms with van der Waals surface area (Å²) in [5.41, 5.74) is 0.176. The first kappa shape index (κ1) is 15.1. The molecular formula is C14H19NO4. The SMILES string of the molecule is C=C(C)C(=O)O.O=C1C=CC(=O)N1C1CCCCC1. The third-order valence-corrected chi connectivity index (χ3v) is 3.15. The Morgan fingerprint density at radius 2 is 1.63 bits per heavy atom. The van der Waals surface area contributed by atoms with Gasteiger partial charge in [-0.1, -0.05) is 25.8 Å². The lowest BCUT2D eigenvalue weighted by Gasteiger charge is -2.29. The van der Waals surface area contributed by atoms with Gasteiger partial charge in [0.2, 0.25) is 0 Å². The van der Waals surface area contributed by atoms with Crippen molar-refractivity contribution >= 4 is 17.8 Å². The largest absolute Gasteiger partial charge is 0.478 e. The van der Waals surface area contributed by atoms with Crippen molar-refractivity contribution in [3.63, 3.8) is 0 Å². The van der Waals surface area contributed by atoms with Crippen LogP contribution in [0.25, 0.3) is 0 Å². The molecule has 1 N–H and O–H groups in total. The number of carboxylic acids is 1. The van der Waals surface area contributed by atoms with Crippen LogP contribution in [0.5, 0.6) is 0 Å². The molecule has 0 aromatic heterocycles. The monoisotopic (exact) mass is 265 g/mol. The van der Waals surface area contributed by atoms with Crippen molar-refractivity contribution in [1.82, 2.24) is 4.90 Å². The maximum Gasteiger partial charge on any atom is 0.330 e. The summed E-state index contributed by atoms with van der Waals surface area (Å²) in [6.45, 7) is 4.60. The summed E-state index contributed by atoms with van der Waals surface area (Å²) in [6.07, 6.45) is 8.23. The predicted octanol–water partition coefficient (Wildman–Crippen LogP) is 1.89. The van der Waals surface area contributed by atoms with Gasteiger partial charge in [0, 0.05) is 23.8 Å². The van der Waals surface area contributed by atoms with Gasteiger partial charge in [-0.2, -0.15) is 0 Å². The molecule has 0 saturated heterocycles. The number of carbonyl (C=O) groups excluding carboxylic acids is 2. The van der Waals surface area contributed by atoms with Gasteiger partial charge < -0.3 is 5.11 Å². The maximum absolute atomic E-state index is 11.3. The minimum atomic E-state index is -0.935. The van der Waals surface area contributed by atoms with Crippen molar-refractivity contribution in [2.75, 3.05) is 0 Å². The molecule has 1 heterocycles. The van der Waals surface area contributed by atoms with E-state index in [1.165, 1.54) is 30.4 Å². The molecule has 0 spiro atoms. The number of nitrogens with zero attached hydrogens (tertiary/aromatic N) is 1.